The van der Waals surface area contributed by atoms with Gasteiger partial charge in [0.15, 0.2) is 5.13 Å². The second kappa shape index (κ2) is 7.36. The third kappa shape index (κ3) is 3.77. The number of hydrogen-bond donors (Lipinski definition) is 1. The minimum atomic E-state index is 0.294. The second-order valence-corrected chi connectivity index (χ2v) is 5.76. The number of thiazole rings is 1. The van der Waals surface area contributed by atoms with Crippen molar-refractivity contribution in [3.05, 3.63) is 41.2 Å². The van der Waals surface area contributed by atoms with E-state index in [1.165, 1.54) is 10.4 Å². The Balaban J connectivity index is 1.91. The Morgan fingerprint density at radius 1 is 1.30 bits per heavy atom. The van der Waals surface area contributed by atoms with Gasteiger partial charge in [-0.1, -0.05) is 6.07 Å². The van der Waals surface area contributed by atoms with Gasteiger partial charge in [-0.05, 0) is 32.4 Å². The van der Waals surface area contributed by atoms with Gasteiger partial charge >= 0.3 is 0 Å². The molecular formula is C15H22N4S. The van der Waals surface area contributed by atoms with E-state index in [4.69, 9.17) is 0 Å². The zero-order valence-electron chi connectivity index (χ0n) is 12.3. The number of pyridine rings is 1. The molecule has 0 aliphatic carbocycles. The quantitative estimate of drug-likeness (QED) is 0.850. The molecule has 0 aliphatic heterocycles. The lowest BCUT2D eigenvalue weighted by Gasteiger charge is -2.16. The van der Waals surface area contributed by atoms with Crippen LogP contribution < -0.4 is 10.2 Å². The predicted octanol–water partition coefficient (Wildman–Crippen LogP) is 3.24. The van der Waals surface area contributed by atoms with Crippen molar-refractivity contribution in [2.45, 2.75) is 33.4 Å². The number of anilines is 1. The van der Waals surface area contributed by atoms with Crippen LogP contribution >= 0.6 is 11.3 Å². The van der Waals surface area contributed by atoms with Gasteiger partial charge in [0.05, 0.1) is 0 Å². The van der Waals surface area contributed by atoms with Crippen LogP contribution in [0, 0.1) is 0 Å². The topological polar surface area (TPSA) is 41.1 Å². The molecule has 2 aromatic heterocycles. The maximum Gasteiger partial charge on any atom is 0.185 e. The van der Waals surface area contributed by atoms with Crippen molar-refractivity contribution in [2.24, 2.45) is 0 Å². The SMILES string of the molecule is CCN(CC)c1ncc(CN[C@H](C)c2cccnc2)s1. The first-order chi connectivity index (χ1) is 9.74. The number of nitrogens with one attached hydrogen (secondary N) is 1. The van der Waals surface area contributed by atoms with Crippen molar-refractivity contribution in [3.8, 4) is 0 Å². The summed E-state index contributed by atoms with van der Waals surface area (Å²) in [5.41, 5.74) is 1.21. The summed E-state index contributed by atoms with van der Waals surface area (Å²) in [6.45, 7) is 9.32. The Bertz CT molecular complexity index is 508. The van der Waals surface area contributed by atoms with E-state index in [1.807, 2.05) is 18.5 Å². The average molecular weight is 290 g/mol. The van der Waals surface area contributed by atoms with Crippen LogP contribution in [-0.2, 0) is 6.54 Å². The van der Waals surface area contributed by atoms with Gasteiger partial charge in [-0.25, -0.2) is 4.98 Å². The molecule has 0 saturated carbocycles. The standard InChI is InChI=1S/C15H22N4S/c1-4-19(5-2)15-18-11-14(20-15)10-17-12(3)13-7-6-8-16-9-13/h6-9,11-12,17H,4-5,10H2,1-3H3/t12-/m1/s1. The van der Waals surface area contributed by atoms with Crippen LogP contribution in [0.5, 0.6) is 0 Å². The number of rotatable bonds is 7. The van der Waals surface area contributed by atoms with Gasteiger partial charge in [0.2, 0.25) is 0 Å². The summed E-state index contributed by atoms with van der Waals surface area (Å²) in [7, 11) is 0. The van der Waals surface area contributed by atoms with Gasteiger partial charge in [0, 0.05) is 49.1 Å². The molecule has 0 saturated heterocycles. The van der Waals surface area contributed by atoms with Gasteiger partial charge < -0.3 is 10.2 Å². The number of hydrogen-bond acceptors (Lipinski definition) is 5. The van der Waals surface area contributed by atoms with Gasteiger partial charge in [0.1, 0.15) is 0 Å². The first-order valence-electron chi connectivity index (χ1n) is 7.07. The maximum absolute atomic E-state index is 4.50. The van der Waals surface area contributed by atoms with E-state index in [9.17, 15) is 0 Å². The summed E-state index contributed by atoms with van der Waals surface area (Å²) >= 11 is 1.76. The minimum Gasteiger partial charge on any atom is -0.349 e. The van der Waals surface area contributed by atoms with E-state index in [2.05, 4.69) is 47.0 Å². The molecule has 20 heavy (non-hydrogen) atoms. The Morgan fingerprint density at radius 2 is 2.10 bits per heavy atom. The molecule has 0 aliphatic rings. The predicted molar refractivity (Wildman–Crippen MR) is 85.2 cm³/mol. The van der Waals surface area contributed by atoms with Crippen LogP contribution in [0.1, 0.15) is 37.3 Å². The van der Waals surface area contributed by atoms with Gasteiger partial charge in [-0.2, -0.15) is 0 Å². The fraction of sp³-hybridized carbons (Fsp3) is 0.467. The normalized spacial score (nSPS) is 12.3. The van der Waals surface area contributed by atoms with Crippen molar-refractivity contribution in [2.75, 3.05) is 18.0 Å². The highest BCUT2D eigenvalue weighted by molar-refractivity contribution is 7.15. The van der Waals surface area contributed by atoms with Crippen LogP contribution in [-0.4, -0.2) is 23.1 Å². The molecule has 0 spiro atoms. The third-order valence-electron chi connectivity index (χ3n) is 3.34. The van der Waals surface area contributed by atoms with Crippen molar-refractivity contribution < 1.29 is 0 Å². The number of nitrogens with zero attached hydrogens (tertiary/aromatic N) is 3. The Kier molecular flexibility index (Phi) is 5.49. The van der Waals surface area contributed by atoms with Gasteiger partial charge in [0.25, 0.3) is 0 Å². The molecule has 0 radical (unpaired) electrons. The van der Waals surface area contributed by atoms with E-state index in [0.717, 1.165) is 24.8 Å². The van der Waals surface area contributed by atoms with E-state index in [1.54, 1.807) is 17.5 Å². The molecule has 2 aromatic rings. The molecule has 4 nitrogen and oxygen atoms in total. The van der Waals surface area contributed by atoms with Crippen molar-refractivity contribution >= 4 is 16.5 Å². The van der Waals surface area contributed by atoms with Crippen LogP contribution in [0.3, 0.4) is 0 Å². The Hall–Kier alpha value is -1.46. The zero-order chi connectivity index (χ0) is 14.4. The third-order valence-corrected chi connectivity index (χ3v) is 4.40. The fourth-order valence-electron chi connectivity index (χ4n) is 2.02. The molecule has 5 heteroatoms. The molecule has 0 bridgehead atoms. The molecule has 0 fully saturated rings. The molecule has 1 atom stereocenters. The van der Waals surface area contributed by atoms with E-state index in [0.29, 0.717) is 6.04 Å². The summed E-state index contributed by atoms with van der Waals surface area (Å²) in [5, 5.41) is 4.63. The highest BCUT2D eigenvalue weighted by atomic mass is 32.1. The average Bonchev–Trinajstić information content (AvgIpc) is 2.96. The molecule has 0 unspecified atom stereocenters. The molecule has 1 N–H and O–H groups in total. The summed E-state index contributed by atoms with van der Waals surface area (Å²) in [5.74, 6) is 0. The van der Waals surface area contributed by atoms with Crippen LogP contribution in [0.2, 0.25) is 0 Å². The molecule has 0 amide bonds. The molecular weight excluding hydrogens is 268 g/mol. The fourth-order valence-corrected chi connectivity index (χ4v) is 3.01. The Labute approximate surface area is 124 Å². The largest absolute Gasteiger partial charge is 0.349 e. The lowest BCUT2D eigenvalue weighted by Crippen LogP contribution is -2.21. The van der Waals surface area contributed by atoms with Crippen molar-refractivity contribution in [1.29, 1.82) is 0 Å². The highest BCUT2D eigenvalue weighted by Crippen LogP contribution is 2.22. The first-order valence-corrected chi connectivity index (χ1v) is 7.89. The van der Waals surface area contributed by atoms with Gasteiger partial charge in [-0.3, -0.25) is 4.98 Å². The molecule has 2 rings (SSSR count). The van der Waals surface area contributed by atoms with Crippen LogP contribution in [0.4, 0.5) is 5.13 Å². The van der Waals surface area contributed by atoms with Crippen molar-refractivity contribution in [1.82, 2.24) is 15.3 Å². The second-order valence-electron chi connectivity index (χ2n) is 4.67. The summed E-state index contributed by atoms with van der Waals surface area (Å²) < 4.78 is 0. The molecule has 0 aromatic carbocycles. The Morgan fingerprint density at radius 3 is 2.75 bits per heavy atom. The van der Waals surface area contributed by atoms with E-state index < -0.39 is 0 Å². The summed E-state index contributed by atoms with van der Waals surface area (Å²) in [6, 6.07) is 4.36. The highest BCUT2D eigenvalue weighted by Gasteiger charge is 2.09. The molecule has 108 valence electrons. The van der Waals surface area contributed by atoms with Gasteiger partial charge in [-0.15, -0.1) is 11.3 Å². The summed E-state index contributed by atoms with van der Waals surface area (Å²) in [6.07, 6.45) is 5.68. The van der Waals surface area contributed by atoms with Crippen LogP contribution in [0.15, 0.2) is 30.7 Å². The minimum absolute atomic E-state index is 0.294. The van der Waals surface area contributed by atoms with E-state index >= 15 is 0 Å². The van der Waals surface area contributed by atoms with Crippen LogP contribution in [0.25, 0.3) is 0 Å². The molecule has 2 heterocycles. The first kappa shape index (κ1) is 14.9. The maximum atomic E-state index is 4.50. The lowest BCUT2D eigenvalue weighted by molar-refractivity contribution is 0.577. The monoisotopic (exact) mass is 290 g/mol. The van der Waals surface area contributed by atoms with E-state index in [-0.39, 0.29) is 0 Å². The number of aromatic nitrogens is 2. The smallest absolute Gasteiger partial charge is 0.185 e. The van der Waals surface area contributed by atoms with Crippen molar-refractivity contribution in [3.63, 3.8) is 0 Å². The summed E-state index contributed by atoms with van der Waals surface area (Å²) in [4.78, 5) is 12.2. The lowest BCUT2D eigenvalue weighted by atomic mass is 10.1. The zero-order valence-corrected chi connectivity index (χ0v) is 13.2.